The Balaban J connectivity index is 1.60. The first kappa shape index (κ1) is 18.1. The number of nitrogens with zero attached hydrogens (tertiary/aromatic N) is 2. The van der Waals surface area contributed by atoms with Gasteiger partial charge >= 0.3 is 5.97 Å². The Morgan fingerprint density at radius 1 is 1.27 bits per heavy atom. The number of aryl methyl sites for hydroxylation is 3. The van der Waals surface area contributed by atoms with E-state index >= 15 is 0 Å². The van der Waals surface area contributed by atoms with E-state index in [4.69, 9.17) is 4.74 Å². The zero-order chi connectivity index (χ0) is 18.8. The average Bonchev–Trinajstić information content (AvgIpc) is 3.11. The van der Waals surface area contributed by atoms with E-state index < -0.39 is 12.1 Å². The molecule has 3 rings (SSSR count). The van der Waals surface area contributed by atoms with Crippen LogP contribution in [-0.2, 0) is 20.7 Å². The zero-order valence-electron chi connectivity index (χ0n) is 15.2. The summed E-state index contributed by atoms with van der Waals surface area (Å²) in [6.45, 7) is 7.46. The Labute approximate surface area is 155 Å². The van der Waals surface area contributed by atoms with E-state index in [9.17, 15) is 9.59 Å². The van der Waals surface area contributed by atoms with Gasteiger partial charge in [0.05, 0.1) is 12.1 Å². The Morgan fingerprint density at radius 3 is 2.62 bits per heavy atom. The molecule has 1 N–H and O–H groups in total. The van der Waals surface area contributed by atoms with Gasteiger partial charge in [-0.05, 0) is 38.8 Å². The van der Waals surface area contributed by atoms with E-state index in [1.165, 1.54) is 11.3 Å². The Morgan fingerprint density at radius 2 is 1.96 bits per heavy atom. The number of fused-ring (bicyclic) bond motifs is 1. The lowest BCUT2D eigenvalue weighted by Crippen LogP contribution is -2.31. The number of aromatic nitrogens is 2. The largest absolute Gasteiger partial charge is 0.452 e. The number of ether oxygens (including phenoxy) is 1. The van der Waals surface area contributed by atoms with Gasteiger partial charge in [-0.2, -0.15) is 0 Å². The molecule has 136 valence electrons. The first-order valence-corrected chi connectivity index (χ1v) is 9.20. The lowest BCUT2D eigenvalue weighted by molar-refractivity contribution is -0.152. The molecule has 6 nitrogen and oxygen atoms in total. The van der Waals surface area contributed by atoms with Crippen LogP contribution in [0.5, 0.6) is 0 Å². The van der Waals surface area contributed by atoms with Gasteiger partial charge in [0, 0.05) is 23.5 Å². The van der Waals surface area contributed by atoms with Gasteiger partial charge in [0.1, 0.15) is 0 Å². The highest BCUT2D eigenvalue weighted by Gasteiger charge is 2.20. The third kappa shape index (κ3) is 3.94. The summed E-state index contributed by atoms with van der Waals surface area (Å²) in [7, 11) is 0. The third-order valence-corrected chi connectivity index (χ3v) is 4.84. The minimum Gasteiger partial charge on any atom is -0.452 e. The average molecular weight is 371 g/mol. The summed E-state index contributed by atoms with van der Waals surface area (Å²) in [6, 6.07) is 4.01. The standard InChI is InChI=1S/C19H21N3O3S/c1-11-7-12(2)17(13(3)8-11)21-18(24)14(4)25-16(23)9-15-10-22-5-6-26-19(22)20-15/h5-8,10,14H,9H2,1-4H3,(H,21,24)/t14-/m0/s1. The molecule has 0 aliphatic carbocycles. The molecule has 2 aromatic heterocycles. The van der Waals surface area contributed by atoms with Crippen molar-refractivity contribution in [3.05, 3.63) is 52.3 Å². The number of carbonyl (C=O) groups is 2. The van der Waals surface area contributed by atoms with Gasteiger partial charge in [0.15, 0.2) is 11.1 Å². The fourth-order valence-corrected chi connectivity index (χ4v) is 3.62. The van der Waals surface area contributed by atoms with Crippen LogP contribution >= 0.6 is 11.3 Å². The van der Waals surface area contributed by atoms with Crippen molar-refractivity contribution in [1.29, 1.82) is 0 Å². The molecule has 2 heterocycles. The number of carbonyl (C=O) groups excluding carboxylic acids is 2. The predicted octanol–water partition coefficient (Wildman–Crippen LogP) is 3.43. The number of rotatable bonds is 5. The van der Waals surface area contributed by atoms with Crippen LogP contribution in [0.4, 0.5) is 5.69 Å². The lowest BCUT2D eigenvalue weighted by Gasteiger charge is -2.16. The number of hydrogen-bond donors (Lipinski definition) is 1. The first-order valence-electron chi connectivity index (χ1n) is 8.32. The summed E-state index contributed by atoms with van der Waals surface area (Å²) in [5.41, 5.74) is 4.48. The van der Waals surface area contributed by atoms with Crippen LogP contribution in [0.2, 0.25) is 0 Å². The molecule has 0 aliphatic rings. The van der Waals surface area contributed by atoms with Gasteiger partial charge in [-0.3, -0.25) is 14.0 Å². The maximum atomic E-state index is 12.4. The summed E-state index contributed by atoms with van der Waals surface area (Å²) in [5.74, 6) is -0.824. The summed E-state index contributed by atoms with van der Waals surface area (Å²) in [5, 5.41) is 4.78. The molecular weight excluding hydrogens is 350 g/mol. The molecule has 0 saturated carbocycles. The van der Waals surface area contributed by atoms with Crippen molar-refractivity contribution in [3.63, 3.8) is 0 Å². The maximum absolute atomic E-state index is 12.4. The summed E-state index contributed by atoms with van der Waals surface area (Å²) < 4.78 is 7.12. The molecule has 1 aromatic carbocycles. The number of thiazole rings is 1. The van der Waals surface area contributed by atoms with E-state index in [2.05, 4.69) is 10.3 Å². The minimum atomic E-state index is -0.883. The molecule has 1 atom stereocenters. The second-order valence-corrected chi connectivity index (χ2v) is 7.27. The van der Waals surface area contributed by atoms with Crippen molar-refractivity contribution in [1.82, 2.24) is 9.38 Å². The smallest absolute Gasteiger partial charge is 0.312 e. The maximum Gasteiger partial charge on any atom is 0.312 e. The summed E-state index contributed by atoms with van der Waals surface area (Å²) in [4.78, 5) is 29.7. The van der Waals surface area contributed by atoms with E-state index in [1.807, 2.05) is 48.9 Å². The Bertz CT molecular complexity index is 922. The fourth-order valence-electron chi connectivity index (χ4n) is 2.90. The van der Waals surface area contributed by atoms with Gasteiger partial charge in [-0.25, -0.2) is 4.98 Å². The number of benzene rings is 1. The van der Waals surface area contributed by atoms with Gasteiger partial charge < -0.3 is 10.1 Å². The number of hydrogen-bond acceptors (Lipinski definition) is 5. The molecule has 0 fully saturated rings. The molecule has 7 heteroatoms. The first-order chi connectivity index (χ1) is 12.3. The van der Waals surface area contributed by atoms with Crippen molar-refractivity contribution >= 4 is 33.9 Å². The zero-order valence-corrected chi connectivity index (χ0v) is 16.0. The van der Waals surface area contributed by atoms with Crippen molar-refractivity contribution in [2.24, 2.45) is 0 Å². The molecule has 0 saturated heterocycles. The molecule has 0 radical (unpaired) electrons. The quantitative estimate of drug-likeness (QED) is 0.698. The predicted molar refractivity (Wildman–Crippen MR) is 102 cm³/mol. The number of imidazole rings is 1. The number of anilines is 1. The van der Waals surface area contributed by atoms with Crippen molar-refractivity contribution in [2.45, 2.75) is 40.2 Å². The Kier molecular flexibility index (Phi) is 5.08. The van der Waals surface area contributed by atoms with Crippen LogP contribution in [0, 0.1) is 20.8 Å². The minimum absolute atomic E-state index is 0.0363. The molecular formula is C19H21N3O3S. The van der Waals surface area contributed by atoms with Crippen molar-refractivity contribution in [3.8, 4) is 0 Å². The van der Waals surface area contributed by atoms with E-state index in [0.717, 1.165) is 27.3 Å². The number of amides is 1. The molecule has 0 spiro atoms. The topological polar surface area (TPSA) is 72.7 Å². The molecule has 0 aliphatic heterocycles. The third-order valence-electron chi connectivity index (χ3n) is 4.07. The van der Waals surface area contributed by atoms with Crippen LogP contribution < -0.4 is 5.32 Å². The van der Waals surface area contributed by atoms with Gasteiger partial charge in [0.2, 0.25) is 0 Å². The summed E-state index contributed by atoms with van der Waals surface area (Å²) in [6.07, 6.45) is 2.82. The van der Waals surface area contributed by atoms with Crippen molar-refractivity contribution in [2.75, 3.05) is 5.32 Å². The highest BCUT2D eigenvalue weighted by molar-refractivity contribution is 7.15. The lowest BCUT2D eigenvalue weighted by atomic mass is 10.0. The molecule has 1 amide bonds. The van der Waals surface area contributed by atoms with Gasteiger partial charge in [-0.15, -0.1) is 11.3 Å². The molecule has 3 aromatic rings. The van der Waals surface area contributed by atoms with Crippen LogP contribution in [0.3, 0.4) is 0 Å². The van der Waals surface area contributed by atoms with Crippen molar-refractivity contribution < 1.29 is 14.3 Å². The highest BCUT2D eigenvalue weighted by Crippen LogP contribution is 2.22. The fraction of sp³-hybridized carbons (Fsp3) is 0.316. The number of esters is 1. The van der Waals surface area contributed by atoms with Crippen LogP contribution in [0.1, 0.15) is 29.3 Å². The molecule has 0 bridgehead atoms. The molecule has 0 unspecified atom stereocenters. The van der Waals surface area contributed by atoms with E-state index in [-0.39, 0.29) is 12.3 Å². The van der Waals surface area contributed by atoms with E-state index in [0.29, 0.717) is 5.69 Å². The normalized spacial score (nSPS) is 12.2. The second kappa shape index (κ2) is 7.29. The second-order valence-electron chi connectivity index (χ2n) is 6.40. The SMILES string of the molecule is Cc1cc(C)c(NC(=O)[C@H](C)OC(=O)Cc2cn3ccsc3n2)c(C)c1. The van der Waals surface area contributed by atoms with Gasteiger partial charge in [-0.1, -0.05) is 17.7 Å². The molecule has 26 heavy (non-hydrogen) atoms. The highest BCUT2D eigenvalue weighted by atomic mass is 32.1. The van der Waals surface area contributed by atoms with Crippen LogP contribution in [-0.4, -0.2) is 27.4 Å². The summed E-state index contributed by atoms with van der Waals surface area (Å²) >= 11 is 1.49. The van der Waals surface area contributed by atoms with Gasteiger partial charge in [0.25, 0.3) is 5.91 Å². The van der Waals surface area contributed by atoms with Crippen LogP contribution in [0.25, 0.3) is 4.96 Å². The number of nitrogens with one attached hydrogen (secondary N) is 1. The Hall–Kier alpha value is -2.67. The van der Waals surface area contributed by atoms with E-state index in [1.54, 1.807) is 13.1 Å². The monoisotopic (exact) mass is 371 g/mol. The van der Waals surface area contributed by atoms with Crippen LogP contribution in [0.15, 0.2) is 29.9 Å².